The first-order valence-corrected chi connectivity index (χ1v) is 9.81. The molecule has 1 saturated carbocycles. The second-order valence-corrected chi connectivity index (χ2v) is 9.18. The van der Waals surface area contributed by atoms with Gasteiger partial charge in [0.15, 0.2) is 0 Å². The van der Waals surface area contributed by atoms with Crippen molar-refractivity contribution in [1.82, 2.24) is 14.5 Å². The quantitative estimate of drug-likeness (QED) is 0.768. The predicted molar refractivity (Wildman–Crippen MR) is 86.9 cm³/mol. The van der Waals surface area contributed by atoms with E-state index in [4.69, 9.17) is 0 Å². The van der Waals surface area contributed by atoms with Crippen molar-refractivity contribution in [3.63, 3.8) is 0 Å². The van der Waals surface area contributed by atoms with Gasteiger partial charge < -0.3 is 10.2 Å². The molecule has 2 aliphatic rings. The van der Waals surface area contributed by atoms with Crippen LogP contribution < -0.4 is 5.32 Å². The summed E-state index contributed by atoms with van der Waals surface area (Å²) < 4.78 is 26.6. The fourth-order valence-corrected chi connectivity index (χ4v) is 4.79. The molecular weight excluding hydrogens is 286 g/mol. The first-order valence-electron chi connectivity index (χ1n) is 8.21. The summed E-state index contributed by atoms with van der Waals surface area (Å²) >= 11 is 0. The van der Waals surface area contributed by atoms with Gasteiger partial charge in [-0.15, -0.1) is 0 Å². The van der Waals surface area contributed by atoms with E-state index >= 15 is 0 Å². The third-order valence-corrected chi connectivity index (χ3v) is 7.19. The number of hydrogen-bond donors (Lipinski definition) is 1. The molecule has 1 saturated heterocycles. The van der Waals surface area contributed by atoms with Crippen molar-refractivity contribution in [3.05, 3.63) is 0 Å². The molecule has 0 aromatic carbocycles. The minimum atomic E-state index is -3.14. The maximum atomic E-state index is 12.5. The zero-order chi connectivity index (χ0) is 15.5. The fraction of sp³-hybridized carbons (Fsp3) is 1.00. The Morgan fingerprint density at radius 2 is 1.86 bits per heavy atom. The van der Waals surface area contributed by atoms with Crippen LogP contribution in [0.1, 0.15) is 44.9 Å². The summed E-state index contributed by atoms with van der Waals surface area (Å²) in [5.41, 5.74) is 0.0604. The minimum Gasteiger partial charge on any atom is -0.314 e. The number of nitrogens with one attached hydrogen (secondary N) is 1. The van der Waals surface area contributed by atoms with Gasteiger partial charge in [0.1, 0.15) is 0 Å². The van der Waals surface area contributed by atoms with E-state index in [1.807, 2.05) is 0 Å². The van der Waals surface area contributed by atoms with Crippen molar-refractivity contribution >= 4 is 10.0 Å². The van der Waals surface area contributed by atoms with Gasteiger partial charge in [0, 0.05) is 25.2 Å². The lowest BCUT2D eigenvalue weighted by Gasteiger charge is -2.49. The molecule has 124 valence electrons. The Morgan fingerprint density at radius 3 is 2.33 bits per heavy atom. The number of hydrogen-bond acceptors (Lipinski definition) is 4. The highest BCUT2D eigenvalue weighted by Crippen LogP contribution is 2.37. The SMILES string of the molecule is CN(C)C1(CN(C)S(=O)(=O)CCC2CCCCN2)CCC1. The van der Waals surface area contributed by atoms with E-state index in [0.29, 0.717) is 12.6 Å². The number of sulfonamides is 1. The van der Waals surface area contributed by atoms with Crippen LogP contribution in [0, 0.1) is 0 Å². The highest BCUT2D eigenvalue weighted by atomic mass is 32.2. The topological polar surface area (TPSA) is 52.7 Å². The smallest absolute Gasteiger partial charge is 0.213 e. The fourth-order valence-electron chi connectivity index (χ4n) is 3.46. The standard InChI is InChI=1S/C15H31N3O2S/c1-17(2)15(9-6-10-15)13-18(3)21(19,20)12-8-14-7-4-5-11-16-14/h14,16H,4-13H2,1-3H3. The van der Waals surface area contributed by atoms with Crippen molar-refractivity contribution in [2.75, 3.05) is 40.0 Å². The van der Waals surface area contributed by atoms with Gasteiger partial charge in [-0.25, -0.2) is 12.7 Å². The molecule has 0 bridgehead atoms. The van der Waals surface area contributed by atoms with Crippen molar-refractivity contribution in [1.29, 1.82) is 0 Å². The van der Waals surface area contributed by atoms with Crippen LogP contribution in [0.15, 0.2) is 0 Å². The van der Waals surface area contributed by atoms with Gasteiger partial charge >= 0.3 is 0 Å². The number of piperidine rings is 1. The molecule has 0 aromatic heterocycles. The first kappa shape index (κ1) is 17.2. The summed E-state index contributed by atoms with van der Waals surface area (Å²) in [4.78, 5) is 2.20. The molecule has 2 rings (SSSR count). The minimum absolute atomic E-state index is 0.0604. The zero-order valence-corrected chi connectivity index (χ0v) is 14.6. The molecule has 0 amide bonds. The van der Waals surface area contributed by atoms with Crippen LogP contribution in [-0.4, -0.2) is 69.2 Å². The summed E-state index contributed by atoms with van der Waals surface area (Å²) in [7, 11) is 2.73. The molecule has 6 heteroatoms. The van der Waals surface area contributed by atoms with Crippen molar-refractivity contribution in [2.24, 2.45) is 0 Å². The van der Waals surface area contributed by atoms with Crippen molar-refractivity contribution in [3.8, 4) is 0 Å². The Bertz CT molecular complexity index is 426. The van der Waals surface area contributed by atoms with Crippen LogP contribution in [0.2, 0.25) is 0 Å². The van der Waals surface area contributed by atoms with Crippen LogP contribution in [-0.2, 0) is 10.0 Å². The Kier molecular flexibility index (Phi) is 5.68. The predicted octanol–water partition coefficient (Wildman–Crippen LogP) is 1.26. The molecule has 1 atom stereocenters. The Morgan fingerprint density at radius 1 is 1.14 bits per heavy atom. The lowest BCUT2D eigenvalue weighted by Crippen LogP contribution is -2.57. The van der Waals surface area contributed by atoms with E-state index < -0.39 is 10.0 Å². The summed E-state index contributed by atoms with van der Waals surface area (Å²) in [5.74, 6) is 0.269. The van der Waals surface area contributed by atoms with E-state index in [1.54, 1.807) is 11.4 Å². The molecule has 0 aromatic rings. The van der Waals surface area contributed by atoms with E-state index in [2.05, 4.69) is 24.3 Å². The number of nitrogens with zero attached hydrogens (tertiary/aromatic N) is 2. The van der Waals surface area contributed by atoms with Crippen LogP contribution in [0.3, 0.4) is 0 Å². The summed E-state index contributed by atoms with van der Waals surface area (Å²) in [5, 5.41) is 3.43. The Balaban J connectivity index is 1.86. The van der Waals surface area contributed by atoms with Gasteiger partial charge in [-0.1, -0.05) is 6.42 Å². The Labute approximate surface area is 130 Å². The van der Waals surface area contributed by atoms with E-state index in [9.17, 15) is 8.42 Å². The highest BCUT2D eigenvalue weighted by Gasteiger charge is 2.41. The van der Waals surface area contributed by atoms with Crippen LogP contribution in [0.5, 0.6) is 0 Å². The third kappa shape index (κ3) is 4.18. The number of likely N-dealkylation sites (N-methyl/N-ethyl adjacent to an activating group) is 2. The lowest BCUT2D eigenvalue weighted by molar-refractivity contribution is 0.0455. The lowest BCUT2D eigenvalue weighted by atomic mass is 9.75. The van der Waals surface area contributed by atoms with E-state index in [0.717, 1.165) is 32.2 Å². The monoisotopic (exact) mass is 317 g/mol. The van der Waals surface area contributed by atoms with Gasteiger partial charge in [-0.3, -0.25) is 0 Å². The molecule has 1 heterocycles. The van der Waals surface area contributed by atoms with Gasteiger partial charge in [-0.2, -0.15) is 0 Å². The molecule has 0 radical (unpaired) electrons. The summed E-state index contributed by atoms with van der Waals surface area (Å²) in [6.07, 6.45) is 7.69. The summed E-state index contributed by atoms with van der Waals surface area (Å²) in [6, 6.07) is 0.383. The normalized spacial score (nSPS) is 26.0. The van der Waals surface area contributed by atoms with Crippen LogP contribution in [0.4, 0.5) is 0 Å². The van der Waals surface area contributed by atoms with Gasteiger partial charge in [-0.05, 0) is 59.2 Å². The Hall–Kier alpha value is -0.170. The first-order chi connectivity index (χ1) is 9.86. The van der Waals surface area contributed by atoms with E-state index in [-0.39, 0.29) is 11.3 Å². The largest absolute Gasteiger partial charge is 0.314 e. The van der Waals surface area contributed by atoms with Crippen LogP contribution in [0.25, 0.3) is 0 Å². The number of rotatable bonds is 7. The maximum absolute atomic E-state index is 12.5. The van der Waals surface area contributed by atoms with Crippen molar-refractivity contribution < 1.29 is 8.42 Å². The molecular formula is C15H31N3O2S. The second kappa shape index (κ2) is 6.94. The second-order valence-electron chi connectivity index (χ2n) is 6.98. The molecule has 1 N–H and O–H groups in total. The maximum Gasteiger partial charge on any atom is 0.213 e. The molecule has 2 fully saturated rings. The van der Waals surface area contributed by atoms with Gasteiger partial charge in [0.25, 0.3) is 0 Å². The average Bonchev–Trinajstić information content (AvgIpc) is 2.41. The van der Waals surface area contributed by atoms with Gasteiger partial charge in [0.2, 0.25) is 10.0 Å². The molecule has 1 aliphatic heterocycles. The summed E-state index contributed by atoms with van der Waals surface area (Å²) in [6.45, 7) is 1.66. The molecule has 5 nitrogen and oxygen atoms in total. The third-order valence-electron chi connectivity index (χ3n) is 5.36. The molecule has 21 heavy (non-hydrogen) atoms. The zero-order valence-electron chi connectivity index (χ0n) is 13.8. The highest BCUT2D eigenvalue weighted by molar-refractivity contribution is 7.89. The van der Waals surface area contributed by atoms with Crippen LogP contribution >= 0.6 is 0 Å². The average molecular weight is 317 g/mol. The van der Waals surface area contributed by atoms with Crippen molar-refractivity contribution in [2.45, 2.75) is 56.5 Å². The molecule has 1 aliphatic carbocycles. The van der Waals surface area contributed by atoms with Gasteiger partial charge in [0.05, 0.1) is 5.75 Å². The molecule has 0 spiro atoms. The molecule has 1 unspecified atom stereocenters. The van der Waals surface area contributed by atoms with E-state index in [1.165, 1.54) is 19.3 Å².